The first-order valence-corrected chi connectivity index (χ1v) is 20.3. The van der Waals surface area contributed by atoms with E-state index in [1.54, 1.807) is 0 Å². The quantitative estimate of drug-likeness (QED) is 0.166. The van der Waals surface area contributed by atoms with Gasteiger partial charge in [-0.2, -0.15) is 0 Å². The maximum atomic E-state index is 2.43. The van der Waals surface area contributed by atoms with Gasteiger partial charge in [-0.1, -0.05) is 140 Å². The molecule has 12 rings (SSSR count). The summed E-state index contributed by atoms with van der Waals surface area (Å²) in [5.74, 6) is 0. The van der Waals surface area contributed by atoms with Gasteiger partial charge in [0, 0.05) is 53.1 Å². The summed E-state index contributed by atoms with van der Waals surface area (Å²) in [5.41, 5.74) is 14.5. The Hall–Kier alpha value is -7.20. The standard InChI is InChI=1S/C54H34N2S/c1-3-11-35(12-4-1)39-23-30-49-46(33-39)47-34-40(36-13-5-2-6-14-36)24-31-50(47)55(49)41-25-19-37(20-26-41)38-21-27-42(28-22-38)56-48-17-9-7-16-45(48)53-51(56)32-29-44-43-15-8-10-18-52(43)57-54(44)53/h1-34H. The highest BCUT2D eigenvalue weighted by Gasteiger charge is 2.18. The predicted octanol–water partition coefficient (Wildman–Crippen LogP) is 15.2. The van der Waals surface area contributed by atoms with Gasteiger partial charge in [0.2, 0.25) is 0 Å². The third-order valence-electron chi connectivity index (χ3n) is 11.7. The summed E-state index contributed by atoms with van der Waals surface area (Å²) in [5, 5.41) is 7.80. The predicted molar refractivity (Wildman–Crippen MR) is 244 cm³/mol. The minimum absolute atomic E-state index is 1.15. The molecular weight excluding hydrogens is 709 g/mol. The van der Waals surface area contributed by atoms with Gasteiger partial charge in [-0.05, 0) is 100 Å². The molecule has 12 aromatic rings. The van der Waals surface area contributed by atoms with Crippen LogP contribution >= 0.6 is 11.3 Å². The van der Waals surface area contributed by atoms with Crippen molar-refractivity contribution in [3.63, 3.8) is 0 Å². The SMILES string of the molecule is c1ccc(-c2ccc3c(c2)c2cc(-c4ccccc4)ccc2n3-c2ccc(-c3ccc(-n4c5ccccc5c5c6sc7ccccc7c6ccc54)cc3)cc2)cc1. The summed E-state index contributed by atoms with van der Waals surface area (Å²) < 4.78 is 7.53. The van der Waals surface area contributed by atoms with Crippen LogP contribution in [0.3, 0.4) is 0 Å². The van der Waals surface area contributed by atoms with Gasteiger partial charge >= 0.3 is 0 Å². The number of aromatic nitrogens is 2. The molecule has 0 radical (unpaired) electrons. The van der Waals surface area contributed by atoms with Crippen LogP contribution in [-0.4, -0.2) is 9.13 Å². The minimum Gasteiger partial charge on any atom is -0.309 e. The van der Waals surface area contributed by atoms with Crippen LogP contribution in [0.1, 0.15) is 0 Å². The van der Waals surface area contributed by atoms with Crippen LogP contribution in [0, 0.1) is 0 Å². The van der Waals surface area contributed by atoms with Crippen LogP contribution in [0.4, 0.5) is 0 Å². The van der Waals surface area contributed by atoms with E-state index in [0.29, 0.717) is 0 Å². The lowest BCUT2D eigenvalue weighted by atomic mass is 10.0. The van der Waals surface area contributed by atoms with E-state index in [-0.39, 0.29) is 0 Å². The number of hydrogen-bond donors (Lipinski definition) is 0. The highest BCUT2D eigenvalue weighted by Crippen LogP contribution is 2.43. The summed E-state index contributed by atoms with van der Waals surface area (Å²) in [6.07, 6.45) is 0. The van der Waals surface area contributed by atoms with Crippen LogP contribution in [0.15, 0.2) is 206 Å². The minimum atomic E-state index is 1.15. The fourth-order valence-electron chi connectivity index (χ4n) is 9.04. The van der Waals surface area contributed by atoms with Gasteiger partial charge in [-0.15, -0.1) is 11.3 Å². The number of para-hydroxylation sites is 1. The van der Waals surface area contributed by atoms with Crippen molar-refractivity contribution in [2.45, 2.75) is 0 Å². The Bertz CT molecular complexity index is 3380. The molecule has 0 amide bonds. The molecule has 0 aliphatic heterocycles. The van der Waals surface area contributed by atoms with Crippen molar-refractivity contribution >= 4 is 75.1 Å². The second kappa shape index (κ2) is 12.7. The monoisotopic (exact) mass is 742 g/mol. The normalized spacial score (nSPS) is 11.9. The third kappa shape index (κ3) is 5.03. The molecule has 3 heterocycles. The molecule has 0 spiro atoms. The highest BCUT2D eigenvalue weighted by molar-refractivity contribution is 7.26. The Balaban J connectivity index is 0.943. The zero-order valence-corrected chi connectivity index (χ0v) is 31.7. The van der Waals surface area contributed by atoms with E-state index in [1.165, 1.54) is 97.2 Å². The highest BCUT2D eigenvalue weighted by atomic mass is 32.1. The maximum absolute atomic E-state index is 2.43. The summed E-state index contributed by atoms with van der Waals surface area (Å²) >= 11 is 1.90. The number of fused-ring (bicyclic) bond motifs is 10. The largest absolute Gasteiger partial charge is 0.309 e. The fraction of sp³-hybridized carbons (Fsp3) is 0. The van der Waals surface area contributed by atoms with Crippen molar-refractivity contribution in [1.82, 2.24) is 9.13 Å². The molecule has 0 saturated heterocycles. The molecule has 0 aliphatic rings. The first-order valence-electron chi connectivity index (χ1n) is 19.5. The number of nitrogens with zero attached hydrogens (tertiary/aromatic N) is 2. The van der Waals surface area contributed by atoms with Gasteiger partial charge in [-0.25, -0.2) is 0 Å². The number of hydrogen-bond acceptors (Lipinski definition) is 1. The average molecular weight is 743 g/mol. The first kappa shape index (κ1) is 32.1. The van der Waals surface area contributed by atoms with Crippen molar-refractivity contribution in [2.75, 3.05) is 0 Å². The van der Waals surface area contributed by atoms with Crippen LogP contribution in [0.2, 0.25) is 0 Å². The first-order chi connectivity index (χ1) is 28.3. The molecule has 0 unspecified atom stereocenters. The molecule has 0 N–H and O–H groups in total. The van der Waals surface area contributed by atoms with Gasteiger partial charge in [0.15, 0.2) is 0 Å². The zero-order chi connectivity index (χ0) is 37.5. The zero-order valence-electron chi connectivity index (χ0n) is 30.9. The Labute approximate surface area is 333 Å². The lowest BCUT2D eigenvalue weighted by molar-refractivity contribution is 1.18. The van der Waals surface area contributed by atoms with E-state index in [4.69, 9.17) is 0 Å². The van der Waals surface area contributed by atoms with Gasteiger partial charge in [0.25, 0.3) is 0 Å². The molecule has 0 fully saturated rings. The summed E-state index contributed by atoms with van der Waals surface area (Å²) in [7, 11) is 0. The molecule has 0 saturated carbocycles. The fourth-order valence-corrected chi connectivity index (χ4v) is 10.3. The molecule has 2 nitrogen and oxygen atoms in total. The molecule has 0 bridgehead atoms. The maximum Gasteiger partial charge on any atom is 0.0555 e. The Morgan fingerprint density at radius 2 is 0.719 bits per heavy atom. The lowest BCUT2D eigenvalue weighted by Crippen LogP contribution is -1.95. The second-order valence-electron chi connectivity index (χ2n) is 14.9. The Kier molecular flexibility index (Phi) is 7.13. The molecular formula is C54H34N2S. The van der Waals surface area contributed by atoms with Crippen molar-refractivity contribution in [3.8, 4) is 44.8 Å². The van der Waals surface area contributed by atoms with Gasteiger partial charge in [0.1, 0.15) is 0 Å². The van der Waals surface area contributed by atoms with E-state index < -0.39 is 0 Å². The number of rotatable bonds is 5. The molecule has 0 aliphatic carbocycles. The van der Waals surface area contributed by atoms with E-state index in [9.17, 15) is 0 Å². The molecule has 3 heteroatoms. The molecule has 3 aromatic heterocycles. The smallest absolute Gasteiger partial charge is 0.0555 e. The van der Waals surface area contributed by atoms with Crippen molar-refractivity contribution in [2.24, 2.45) is 0 Å². The van der Waals surface area contributed by atoms with Crippen molar-refractivity contribution < 1.29 is 0 Å². The van der Waals surface area contributed by atoms with Gasteiger partial charge in [0.05, 0.1) is 22.1 Å². The van der Waals surface area contributed by atoms with Gasteiger partial charge < -0.3 is 9.13 Å². The molecule has 0 atom stereocenters. The van der Waals surface area contributed by atoms with E-state index in [2.05, 4.69) is 215 Å². The molecule has 57 heavy (non-hydrogen) atoms. The second-order valence-corrected chi connectivity index (χ2v) is 16.0. The Morgan fingerprint density at radius 3 is 1.32 bits per heavy atom. The number of thiophene rings is 1. The molecule has 9 aromatic carbocycles. The Morgan fingerprint density at radius 1 is 0.281 bits per heavy atom. The molecule has 266 valence electrons. The van der Waals surface area contributed by atoms with E-state index in [0.717, 1.165) is 11.4 Å². The lowest BCUT2D eigenvalue weighted by Gasteiger charge is -2.11. The van der Waals surface area contributed by atoms with Crippen LogP contribution in [0.25, 0.3) is 109 Å². The summed E-state index contributed by atoms with van der Waals surface area (Å²) in [6, 6.07) is 75.5. The van der Waals surface area contributed by atoms with Gasteiger partial charge in [-0.3, -0.25) is 0 Å². The topological polar surface area (TPSA) is 9.86 Å². The average Bonchev–Trinajstić information content (AvgIpc) is 3.94. The summed E-state index contributed by atoms with van der Waals surface area (Å²) in [6.45, 7) is 0. The summed E-state index contributed by atoms with van der Waals surface area (Å²) in [4.78, 5) is 0. The van der Waals surface area contributed by atoms with Crippen LogP contribution < -0.4 is 0 Å². The van der Waals surface area contributed by atoms with E-state index in [1.807, 2.05) is 11.3 Å². The van der Waals surface area contributed by atoms with E-state index >= 15 is 0 Å². The number of benzene rings is 9. The van der Waals surface area contributed by atoms with Crippen molar-refractivity contribution in [1.29, 1.82) is 0 Å². The van der Waals surface area contributed by atoms with Crippen LogP contribution in [-0.2, 0) is 0 Å². The third-order valence-corrected chi connectivity index (χ3v) is 12.9. The van der Waals surface area contributed by atoms with Crippen LogP contribution in [0.5, 0.6) is 0 Å². The van der Waals surface area contributed by atoms with Crippen molar-refractivity contribution in [3.05, 3.63) is 206 Å².